The summed E-state index contributed by atoms with van der Waals surface area (Å²) in [6.07, 6.45) is 3.50. The molecule has 0 bridgehead atoms. The van der Waals surface area contributed by atoms with E-state index in [9.17, 15) is 4.79 Å². The number of amides is 1. The highest BCUT2D eigenvalue weighted by molar-refractivity contribution is 5.78. The number of nitrogens with zero attached hydrogens (tertiary/aromatic N) is 1. The number of rotatable bonds is 2. The van der Waals surface area contributed by atoms with Crippen molar-refractivity contribution in [1.29, 1.82) is 0 Å². The molecule has 1 heterocycles. The topological polar surface area (TPSA) is 20.3 Å². The van der Waals surface area contributed by atoms with E-state index < -0.39 is 0 Å². The summed E-state index contributed by atoms with van der Waals surface area (Å²) in [5.74, 6) is 0.497. The van der Waals surface area contributed by atoms with Crippen molar-refractivity contribution in [2.24, 2.45) is 5.92 Å². The van der Waals surface area contributed by atoms with Crippen LogP contribution in [-0.4, -0.2) is 23.4 Å². The van der Waals surface area contributed by atoms with E-state index in [0.717, 1.165) is 13.0 Å². The zero-order valence-corrected chi connectivity index (χ0v) is 8.34. The van der Waals surface area contributed by atoms with Gasteiger partial charge in [0.15, 0.2) is 0 Å². The number of hydrogen-bond donors (Lipinski definition) is 0. The number of hydrogen-bond acceptors (Lipinski definition) is 1. The maximum atomic E-state index is 11.6. The van der Waals surface area contributed by atoms with Crippen LogP contribution in [0.5, 0.6) is 0 Å². The highest BCUT2D eigenvalue weighted by Crippen LogP contribution is 2.21. The van der Waals surface area contributed by atoms with Gasteiger partial charge in [0, 0.05) is 18.5 Å². The third-order valence-corrected chi connectivity index (χ3v) is 2.63. The van der Waals surface area contributed by atoms with E-state index in [-0.39, 0.29) is 5.92 Å². The van der Waals surface area contributed by atoms with E-state index in [0.29, 0.717) is 11.9 Å². The average molecular weight is 169 g/mol. The maximum absolute atomic E-state index is 11.6. The summed E-state index contributed by atoms with van der Waals surface area (Å²) < 4.78 is 0. The van der Waals surface area contributed by atoms with E-state index in [4.69, 9.17) is 0 Å². The second-order valence-electron chi connectivity index (χ2n) is 3.89. The molecule has 12 heavy (non-hydrogen) atoms. The lowest BCUT2D eigenvalue weighted by Crippen LogP contribution is -2.37. The molecule has 1 unspecified atom stereocenters. The minimum absolute atomic E-state index is 0.164. The standard InChI is InChI=1S/C10H19NO/c1-4-9-6-5-7-11(9)10(12)8(2)3/h8-9H,4-7H2,1-3H3. The van der Waals surface area contributed by atoms with Crippen LogP contribution in [0.1, 0.15) is 40.0 Å². The fourth-order valence-electron chi connectivity index (χ4n) is 1.88. The van der Waals surface area contributed by atoms with Gasteiger partial charge in [0.05, 0.1) is 0 Å². The molecule has 0 aromatic carbocycles. The third-order valence-electron chi connectivity index (χ3n) is 2.63. The first-order chi connectivity index (χ1) is 5.66. The van der Waals surface area contributed by atoms with Crippen molar-refractivity contribution in [2.45, 2.75) is 46.1 Å². The van der Waals surface area contributed by atoms with E-state index in [1.807, 2.05) is 13.8 Å². The van der Waals surface area contributed by atoms with Crippen LogP contribution in [0.25, 0.3) is 0 Å². The molecule has 0 saturated carbocycles. The van der Waals surface area contributed by atoms with Gasteiger partial charge in [-0.1, -0.05) is 20.8 Å². The van der Waals surface area contributed by atoms with Crippen LogP contribution < -0.4 is 0 Å². The van der Waals surface area contributed by atoms with E-state index in [2.05, 4.69) is 11.8 Å². The monoisotopic (exact) mass is 169 g/mol. The molecule has 0 radical (unpaired) electrons. The molecular formula is C10H19NO. The van der Waals surface area contributed by atoms with E-state index in [1.165, 1.54) is 12.8 Å². The average Bonchev–Trinajstić information content (AvgIpc) is 2.49. The van der Waals surface area contributed by atoms with Crippen LogP contribution in [0, 0.1) is 5.92 Å². The Morgan fingerprint density at radius 1 is 1.58 bits per heavy atom. The first-order valence-electron chi connectivity index (χ1n) is 4.97. The predicted molar refractivity (Wildman–Crippen MR) is 49.9 cm³/mol. The Hall–Kier alpha value is -0.530. The Kier molecular flexibility index (Phi) is 3.12. The van der Waals surface area contributed by atoms with Crippen LogP contribution in [0.2, 0.25) is 0 Å². The molecule has 2 heteroatoms. The maximum Gasteiger partial charge on any atom is 0.225 e. The van der Waals surface area contributed by atoms with Crippen LogP contribution in [-0.2, 0) is 4.79 Å². The molecule has 1 aliphatic rings. The molecule has 2 nitrogen and oxygen atoms in total. The van der Waals surface area contributed by atoms with Gasteiger partial charge in [0.25, 0.3) is 0 Å². The quantitative estimate of drug-likeness (QED) is 0.619. The fourth-order valence-corrected chi connectivity index (χ4v) is 1.88. The summed E-state index contributed by atoms with van der Waals surface area (Å²) in [7, 11) is 0. The summed E-state index contributed by atoms with van der Waals surface area (Å²) in [6.45, 7) is 7.10. The van der Waals surface area contributed by atoms with E-state index >= 15 is 0 Å². The molecule has 1 atom stereocenters. The minimum Gasteiger partial charge on any atom is -0.340 e. The SMILES string of the molecule is CCC1CCCN1C(=O)C(C)C. The zero-order chi connectivity index (χ0) is 9.14. The van der Waals surface area contributed by atoms with Gasteiger partial charge in [-0.2, -0.15) is 0 Å². The number of carbonyl (C=O) groups is 1. The Bertz CT molecular complexity index is 165. The highest BCUT2D eigenvalue weighted by Gasteiger charge is 2.28. The van der Waals surface area contributed by atoms with Gasteiger partial charge in [-0.15, -0.1) is 0 Å². The van der Waals surface area contributed by atoms with Crippen molar-refractivity contribution in [2.75, 3.05) is 6.54 Å². The second-order valence-corrected chi connectivity index (χ2v) is 3.89. The first kappa shape index (κ1) is 9.56. The molecule has 0 N–H and O–H groups in total. The highest BCUT2D eigenvalue weighted by atomic mass is 16.2. The van der Waals surface area contributed by atoms with Crippen molar-refractivity contribution in [3.8, 4) is 0 Å². The predicted octanol–water partition coefficient (Wildman–Crippen LogP) is 2.04. The van der Waals surface area contributed by atoms with Gasteiger partial charge in [-0.25, -0.2) is 0 Å². The number of likely N-dealkylation sites (tertiary alicyclic amines) is 1. The molecule has 0 aromatic heterocycles. The van der Waals surface area contributed by atoms with Gasteiger partial charge < -0.3 is 4.90 Å². The van der Waals surface area contributed by atoms with E-state index in [1.54, 1.807) is 0 Å². The third kappa shape index (κ3) is 1.79. The summed E-state index contributed by atoms with van der Waals surface area (Å²) >= 11 is 0. The first-order valence-corrected chi connectivity index (χ1v) is 4.97. The van der Waals surface area contributed by atoms with Crippen molar-refractivity contribution in [3.05, 3.63) is 0 Å². The molecule has 70 valence electrons. The molecule has 1 fully saturated rings. The Balaban J connectivity index is 2.55. The smallest absolute Gasteiger partial charge is 0.225 e. The fraction of sp³-hybridized carbons (Fsp3) is 0.900. The summed E-state index contributed by atoms with van der Waals surface area (Å²) in [4.78, 5) is 13.7. The van der Waals surface area contributed by atoms with Crippen LogP contribution in [0.3, 0.4) is 0 Å². The van der Waals surface area contributed by atoms with Gasteiger partial charge in [0.2, 0.25) is 5.91 Å². The normalized spacial score (nSPS) is 23.7. The van der Waals surface area contributed by atoms with Crippen molar-refractivity contribution in [1.82, 2.24) is 4.90 Å². The molecule has 1 rings (SSSR count). The zero-order valence-electron chi connectivity index (χ0n) is 8.34. The molecule has 1 saturated heterocycles. The number of carbonyl (C=O) groups excluding carboxylic acids is 1. The largest absolute Gasteiger partial charge is 0.340 e. The minimum atomic E-state index is 0.164. The Morgan fingerprint density at radius 2 is 2.25 bits per heavy atom. The lowest BCUT2D eigenvalue weighted by molar-refractivity contribution is -0.135. The van der Waals surface area contributed by atoms with Crippen molar-refractivity contribution < 1.29 is 4.79 Å². The Morgan fingerprint density at radius 3 is 2.75 bits per heavy atom. The van der Waals surface area contributed by atoms with Crippen LogP contribution in [0.15, 0.2) is 0 Å². The lowest BCUT2D eigenvalue weighted by atomic mass is 10.1. The van der Waals surface area contributed by atoms with Gasteiger partial charge in [0.1, 0.15) is 0 Å². The Labute approximate surface area is 74.9 Å². The molecule has 0 spiro atoms. The molecule has 0 aliphatic carbocycles. The van der Waals surface area contributed by atoms with Crippen LogP contribution in [0.4, 0.5) is 0 Å². The van der Waals surface area contributed by atoms with Crippen molar-refractivity contribution >= 4 is 5.91 Å². The van der Waals surface area contributed by atoms with Gasteiger partial charge in [-0.05, 0) is 19.3 Å². The summed E-state index contributed by atoms with van der Waals surface area (Å²) in [6, 6.07) is 0.528. The summed E-state index contributed by atoms with van der Waals surface area (Å²) in [5.41, 5.74) is 0. The van der Waals surface area contributed by atoms with Crippen molar-refractivity contribution in [3.63, 3.8) is 0 Å². The molecule has 1 aliphatic heterocycles. The van der Waals surface area contributed by atoms with Gasteiger partial charge >= 0.3 is 0 Å². The molecular weight excluding hydrogens is 150 g/mol. The summed E-state index contributed by atoms with van der Waals surface area (Å²) in [5, 5.41) is 0. The lowest BCUT2D eigenvalue weighted by Gasteiger charge is -2.25. The van der Waals surface area contributed by atoms with Crippen LogP contribution >= 0.6 is 0 Å². The molecule has 1 amide bonds. The van der Waals surface area contributed by atoms with Gasteiger partial charge in [-0.3, -0.25) is 4.79 Å². The molecule has 0 aromatic rings. The second kappa shape index (κ2) is 3.92.